The first-order valence-corrected chi connectivity index (χ1v) is 10.0. The summed E-state index contributed by atoms with van der Waals surface area (Å²) < 4.78 is 5.24. The standard InChI is InChI=1S/C23H31N3O2/c1-20-7-6-10-22(17-20)25-11-13-26(14-12-25)23(27)19-24(15-16-28-2)18-21-8-4-3-5-9-21/h3-10,17H,11-16,18-19H2,1-2H3. The Hall–Kier alpha value is -2.37. The van der Waals surface area contributed by atoms with Crippen LogP contribution in [0.1, 0.15) is 11.1 Å². The van der Waals surface area contributed by atoms with Gasteiger partial charge < -0.3 is 14.5 Å². The number of methoxy groups -OCH3 is 1. The van der Waals surface area contributed by atoms with Gasteiger partial charge in [-0.05, 0) is 30.2 Å². The van der Waals surface area contributed by atoms with Crippen molar-refractivity contribution in [1.82, 2.24) is 9.80 Å². The molecular formula is C23H31N3O2. The molecule has 0 aliphatic carbocycles. The highest BCUT2D eigenvalue weighted by Gasteiger charge is 2.23. The molecule has 0 radical (unpaired) electrons. The lowest BCUT2D eigenvalue weighted by molar-refractivity contribution is -0.133. The van der Waals surface area contributed by atoms with Crippen molar-refractivity contribution in [3.8, 4) is 0 Å². The van der Waals surface area contributed by atoms with E-state index in [0.717, 1.165) is 39.3 Å². The summed E-state index contributed by atoms with van der Waals surface area (Å²) in [6.45, 7) is 8.00. The fraction of sp³-hybridized carbons (Fsp3) is 0.435. The molecule has 1 heterocycles. The van der Waals surface area contributed by atoms with Gasteiger partial charge in [0.2, 0.25) is 5.91 Å². The number of benzene rings is 2. The van der Waals surface area contributed by atoms with Crippen LogP contribution in [-0.2, 0) is 16.1 Å². The first-order valence-electron chi connectivity index (χ1n) is 10.0. The maximum atomic E-state index is 12.9. The third kappa shape index (κ3) is 5.81. The van der Waals surface area contributed by atoms with E-state index in [0.29, 0.717) is 13.2 Å². The zero-order valence-corrected chi connectivity index (χ0v) is 17.0. The Morgan fingerprint density at radius 2 is 1.79 bits per heavy atom. The zero-order chi connectivity index (χ0) is 19.8. The summed E-state index contributed by atoms with van der Waals surface area (Å²) in [5.74, 6) is 0.205. The molecule has 0 bridgehead atoms. The Kier molecular flexibility index (Phi) is 7.46. The van der Waals surface area contributed by atoms with Crippen LogP contribution in [-0.4, -0.2) is 68.7 Å². The van der Waals surface area contributed by atoms with Crippen molar-refractivity contribution in [1.29, 1.82) is 0 Å². The highest BCUT2D eigenvalue weighted by Crippen LogP contribution is 2.18. The van der Waals surface area contributed by atoms with Crippen LogP contribution < -0.4 is 4.90 Å². The number of hydrogen-bond donors (Lipinski definition) is 0. The van der Waals surface area contributed by atoms with E-state index in [1.807, 2.05) is 23.1 Å². The topological polar surface area (TPSA) is 36.0 Å². The van der Waals surface area contributed by atoms with Gasteiger partial charge in [0.15, 0.2) is 0 Å². The van der Waals surface area contributed by atoms with E-state index < -0.39 is 0 Å². The van der Waals surface area contributed by atoms with E-state index in [1.165, 1.54) is 16.8 Å². The van der Waals surface area contributed by atoms with E-state index in [-0.39, 0.29) is 5.91 Å². The molecule has 1 fully saturated rings. The molecule has 2 aromatic carbocycles. The second kappa shape index (κ2) is 10.2. The van der Waals surface area contributed by atoms with Crippen molar-refractivity contribution in [3.63, 3.8) is 0 Å². The van der Waals surface area contributed by atoms with Crippen LogP contribution in [0.4, 0.5) is 5.69 Å². The fourth-order valence-electron chi connectivity index (χ4n) is 3.61. The minimum absolute atomic E-state index is 0.205. The lowest BCUT2D eigenvalue weighted by atomic mass is 10.2. The fourth-order valence-corrected chi connectivity index (χ4v) is 3.61. The second-order valence-electron chi connectivity index (χ2n) is 7.40. The lowest BCUT2D eigenvalue weighted by Crippen LogP contribution is -2.51. The molecule has 0 N–H and O–H groups in total. The van der Waals surface area contributed by atoms with Gasteiger partial charge in [-0.2, -0.15) is 0 Å². The van der Waals surface area contributed by atoms with Gasteiger partial charge in [0.05, 0.1) is 13.2 Å². The number of nitrogens with zero attached hydrogens (tertiary/aromatic N) is 3. The minimum atomic E-state index is 0.205. The highest BCUT2D eigenvalue weighted by atomic mass is 16.5. The van der Waals surface area contributed by atoms with Crippen molar-refractivity contribution < 1.29 is 9.53 Å². The monoisotopic (exact) mass is 381 g/mol. The first kappa shape index (κ1) is 20.4. The van der Waals surface area contributed by atoms with Gasteiger partial charge in [0.25, 0.3) is 0 Å². The molecule has 0 spiro atoms. The Bertz CT molecular complexity index is 743. The van der Waals surface area contributed by atoms with Gasteiger partial charge in [-0.1, -0.05) is 42.5 Å². The van der Waals surface area contributed by atoms with E-state index >= 15 is 0 Å². The number of amides is 1. The van der Waals surface area contributed by atoms with Crippen molar-refractivity contribution in [2.75, 3.05) is 57.9 Å². The average Bonchev–Trinajstić information content (AvgIpc) is 2.73. The predicted octanol–water partition coefficient (Wildman–Crippen LogP) is 2.79. The average molecular weight is 382 g/mol. The van der Waals surface area contributed by atoms with Gasteiger partial charge in [-0.25, -0.2) is 0 Å². The largest absolute Gasteiger partial charge is 0.383 e. The number of hydrogen-bond acceptors (Lipinski definition) is 4. The summed E-state index contributed by atoms with van der Waals surface area (Å²) in [5, 5.41) is 0. The number of carbonyl (C=O) groups is 1. The molecule has 1 amide bonds. The van der Waals surface area contributed by atoms with Gasteiger partial charge in [-0.15, -0.1) is 0 Å². The van der Waals surface area contributed by atoms with Gasteiger partial charge in [0, 0.05) is 52.1 Å². The summed E-state index contributed by atoms with van der Waals surface area (Å²) >= 11 is 0. The normalized spacial score (nSPS) is 14.5. The molecule has 0 unspecified atom stereocenters. The molecular weight excluding hydrogens is 350 g/mol. The Labute approximate surface area is 168 Å². The zero-order valence-electron chi connectivity index (χ0n) is 17.0. The number of aryl methyl sites for hydroxylation is 1. The molecule has 0 aromatic heterocycles. The Balaban J connectivity index is 1.53. The minimum Gasteiger partial charge on any atom is -0.383 e. The van der Waals surface area contributed by atoms with Crippen LogP contribution in [0.25, 0.3) is 0 Å². The smallest absolute Gasteiger partial charge is 0.236 e. The summed E-state index contributed by atoms with van der Waals surface area (Å²) in [5.41, 5.74) is 3.74. The van der Waals surface area contributed by atoms with Crippen LogP contribution >= 0.6 is 0 Å². The van der Waals surface area contributed by atoms with Crippen molar-refractivity contribution in [3.05, 3.63) is 65.7 Å². The molecule has 0 saturated carbocycles. The van der Waals surface area contributed by atoms with Crippen LogP contribution in [0.3, 0.4) is 0 Å². The Morgan fingerprint density at radius 1 is 1.04 bits per heavy atom. The third-order valence-corrected chi connectivity index (χ3v) is 5.22. The molecule has 28 heavy (non-hydrogen) atoms. The van der Waals surface area contributed by atoms with Gasteiger partial charge in [0.1, 0.15) is 0 Å². The van der Waals surface area contributed by atoms with Gasteiger partial charge in [-0.3, -0.25) is 9.69 Å². The van der Waals surface area contributed by atoms with Crippen molar-refractivity contribution in [2.45, 2.75) is 13.5 Å². The summed E-state index contributed by atoms with van der Waals surface area (Å²) in [4.78, 5) is 19.4. The maximum absolute atomic E-state index is 12.9. The van der Waals surface area contributed by atoms with Gasteiger partial charge >= 0.3 is 0 Å². The molecule has 5 heteroatoms. The summed E-state index contributed by atoms with van der Waals surface area (Å²) in [7, 11) is 1.70. The van der Waals surface area contributed by atoms with Crippen LogP contribution in [0.5, 0.6) is 0 Å². The quantitative estimate of drug-likeness (QED) is 0.705. The lowest BCUT2D eigenvalue weighted by Gasteiger charge is -2.37. The predicted molar refractivity (Wildman–Crippen MR) is 114 cm³/mol. The molecule has 3 rings (SSSR count). The van der Waals surface area contributed by atoms with E-state index in [1.54, 1.807) is 7.11 Å². The van der Waals surface area contributed by atoms with Crippen molar-refractivity contribution >= 4 is 11.6 Å². The molecule has 0 atom stereocenters. The highest BCUT2D eigenvalue weighted by molar-refractivity contribution is 5.78. The summed E-state index contributed by atoms with van der Waals surface area (Å²) in [6.07, 6.45) is 0. The number of carbonyl (C=O) groups excluding carboxylic acids is 1. The maximum Gasteiger partial charge on any atom is 0.236 e. The number of rotatable bonds is 8. The SMILES string of the molecule is COCCN(CC(=O)N1CCN(c2cccc(C)c2)CC1)Cc1ccccc1. The number of anilines is 1. The molecule has 150 valence electrons. The van der Waals surface area contributed by atoms with Crippen LogP contribution in [0, 0.1) is 6.92 Å². The number of ether oxygens (including phenoxy) is 1. The molecule has 1 saturated heterocycles. The summed E-state index contributed by atoms with van der Waals surface area (Å²) in [6, 6.07) is 18.9. The van der Waals surface area contributed by atoms with E-state index in [4.69, 9.17) is 4.74 Å². The molecule has 5 nitrogen and oxygen atoms in total. The molecule has 1 aliphatic heterocycles. The Morgan fingerprint density at radius 3 is 2.46 bits per heavy atom. The number of piperazine rings is 1. The second-order valence-corrected chi connectivity index (χ2v) is 7.40. The first-order chi connectivity index (χ1) is 13.7. The third-order valence-electron chi connectivity index (χ3n) is 5.22. The van der Waals surface area contributed by atoms with Crippen LogP contribution in [0.15, 0.2) is 54.6 Å². The molecule has 2 aromatic rings. The van der Waals surface area contributed by atoms with Crippen LogP contribution in [0.2, 0.25) is 0 Å². The van der Waals surface area contributed by atoms with E-state index in [9.17, 15) is 4.79 Å². The van der Waals surface area contributed by atoms with Crippen molar-refractivity contribution in [2.24, 2.45) is 0 Å². The molecule has 1 aliphatic rings. The van der Waals surface area contributed by atoms with E-state index in [2.05, 4.69) is 53.1 Å².